The van der Waals surface area contributed by atoms with Gasteiger partial charge in [0.15, 0.2) is 5.16 Å². The highest BCUT2D eigenvalue weighted by Gasteiger charge is 2.11. The van der Waals surface area contributed by atoms with Crippen LogP contribution in [-0.4, -0.2) is 37.9 Å². The molecule has 25 heavy (non-hydrogen) atoms. The molecule has 0 aliphatic rings. The number of aromatic amines is 1. The van der Waals surface area contributed by atoms with Gasteiger partial charge in [0.2, 0.25) is 0 Å². The lowest BCUT2D eigenvalue weighted by Gasteiger charge is -2.07. The predicted octanol–water partition coefficient (Wildman–Crippen LogP) is 1.22. The smallest absolute Gasteiger partial charge is 0.343 e. The summed E-state index contributed by atoms with van der Waals surface area (Å²) >= 11 is 1.37. The topological polar surface area (TPSA) is 94.3 Å². The van der Waals surface area contributed by atoms with Crippen LogP contribution < -0.4 is 11.2 Å². The molecule has 0 fully saturated rings. The lowest BCUT2D eigenvalue weighted by Crippen LogP contribution is -2.18. The minimum absolute atomic E-state index is 0.121. The summed E-state index contributed by atoms with van der Waals surface area (Å²) in [5.74, 6) is 0.453. The zero-order valence-corrected chi connectivity index (χ0v) is 14.9. The van der Waals surface area contributed by atoms with Crippen LogP contribution in [0.1, 0.15) is 17.7 Å². The maximum atomic E-state index is 12.2. The fourth-order valence-electron chi connectivity index (χ4n) is 2.50. The first-order chi connectivity index (χ1) is 12.1. The fraction of sp³-hybridized carbons (Fsp3) is 0.375. The van der Waals surface area contributed by atoms with Gasteiger partial charge in [-0.15, -0.1) is 5.10 Å². The summed E-state index contributed by atoms with van der Waals surface area (Å²) in [6.45, 7) is 3.02. The number of thioether (sulfide) groups is 1. The van der Waals surface area contributed by atoms with Crippen LogP contribution in [0.4, 0.5) is 0 Å². The van der Waals surface area contributed by atoms with Crippen molar-refractivity contribution >= 4 is 17.4 Å². The summed E-state index contributed by atoms with van der Waals surface area (Å²) in [7, 11) is 1.62. The van der Waals surface area contributed by atoms with Crippen LogP contribution in [-0.2, 0) is 17.0 Å². The molecule has 132 valence electrons. The Hall–Kier alpha value is -2.39. The van der Waals surface area contributed by atoms with E-state index in [9.17, 15) is 9.59 Å². The summed E-state index contributed by atoms with van der Waals surface area (Å²) in [6, 6.07) is 5.25. The molecule has 0 bridgehead atoms. The molecule has 3 aromatic rings. The van der Waals surface area contributed by atoms with Crippen LogP contribution in [0.3, 0.4) is 0 Å². The first-order valence-corrected chi connectivity index (χ1v) is 8.83. The van der Waals surface area contributed by atoms with Crippen LogP contribution in [0.15, 0.2) is 39.1 Å². The van der Waals surface area contributed by atoms with Crippen LogP contribution in [0.5, 0.6) is 0 Å². The highest BCUT2D eigenvalue weighted by Crippen LogP contribution is 2.19. The van der Waals surface area contributed by atoms with E-state index in [1.807, 2.05) is 19.1 Å². The largest absolute Gasteiger partial charge is 0.385 e. The molecule has 0 saturated heterocycles. The number of rotatable bonds is 7. The molecule has 0 unspecified atom stereocenters. The maximum Gasteiger partial charge on any atom is 0.343 e. The molecule has 3 rings (SSSR count). The van der Waals surface area contributed by atoms with Gasteiger partial charge in [-0.2, -0.15) is 0 Å². The standard InChI is InChI=1S/C16H19N5O3S/c1-11-5-3-6-20-13(22)9-12(17-14(11)20)10-25-16-19-18-15(23)21(16)7-4-8-24-2/h3,5-6,9H,4,7-8,10H2,1-2H3,(H,18,23). The number of nitrogens with one attached hydrogen (secondary N) is 1. The van der Waals surface area contributed by atoms with E-state index in [2.05, 4.69) is 15.2 Å². The molecule has 8 nitrogen and oxygen atoms in total. The summed E-state index contributed by atoms with van der Waals surface area (Å²) in [4.78, 5) is 28.6. The second-order valence-corrected chi connectivity index (χ2v) is 6.51. The summed E-state index contributed by atoms with van der Waals surface area (Å²) in [5.41, 5.74) is 1.86. The number of hydrogen-bond donors (Lipinski definition) is 1. The Morgan fingerprint density at radius 1 is 1.36 bits per heavy atom. The summed E-state index contributed by atoms with van der Waals surface area (Å²) in [6.07, 6.45) is 2.42. The second kappa shape index (κ2) is 7.66. The first kappa shape index (κ1) is 17.4. The van der Waals surface area contributed by atoms with E-state index < -0.39 is 0 Å². The van der Waals surface area contributed by atoms with Gasteiger partial charge in [0.05, 0.1) is 5.69 Å². The Labute approximate surface area is 147 Å². The zero-order valence-electron chi connectivity index (χ0n) is 14.1. The lowest BCUT2D eigenvalue weighted by molar-refractivity contribution is 0.189. The monoisotopic (exact) mass is 361 g/mol. The highest BCUT2D eigenvalue weighted by molar-refractivity contribution is 7.98. The highest BCUT2D eigenvalue weighted by atomic mass is 32.2. The first-order valence-electron chi connectivity index (χ1n) is 7.85. The lowest BCUT2D eigenvalue weighted by atomic mass is 10.3. The number of methoxy groups -OCH3 is 1. The number of nitrogens with zero attached hydrogens (tertiary/aromatic N) is 4. The third kappa shape index (κ3) is 3.83. The van der Waals surface area contributed by atoms with Crippen molar-refractivity contribution < 1.29 is 4.74 Å². The summed E-state index contributed by atoms with van der Waals surface area (Å²) in [5, 5.41) is 7.09. The van der Waals surface area contributed by atoms with Crippen molar-refractivity contribution in [2.75, 3.05) is 13.7 Å². The van der Waals surface area contributed by atoms with E-state index in [4.69, 9.17) is 4.74 Å². The molecule has 0 aromatic carbocycles. The number of aromatic nitrogens is 5. The third-order valence-corrected chi connectivity index (χ3v) is 4.75. The molecule has 9 heteroatoms. The minimum atomic E-state index is -0.249. The third-order valence-electron chi connectivity index (χ3n) is 3.74. The van der Waals surface area contributed by atoms with Gasteiger partial charge in [-0.1, -0.05) is 17.8 Å². The van der Waals surface area contributed by atoms with Crippen LogP contribution in [0.2, 0.25) is 0 Å². The van der Waals surface area contributed by atoms with Crippen LogP contribution in [0.25, 0.3) is 5.65 Å². The van der Waals surface area contributed by atoms with Gasteiger partial charge in [0.1, 0.15) is 5.65 Å². The molecule has 0 amide bonds. The van der Waals surface area contributed by atoms with E-state index in [0.29, 0.717) is 35.4 Å². The number of hydrogen-bond acceptors (Lipinski definition) is 6. The average molecular weight is 361 g/mol. The summed E-state index contributed by atoms with van der Waals surface area (Å²) < 4.78 is 8.11. The van der Waals surface area contributed by atoms with Gasteiger partial charge in [-0.3, -0.25) is 13.8 Å². The van der Waals surface area contributed by atoms with Crippen molar-refractivity contribution in [3.8, 4) is 0 Å². The van der Waals surface area contributed by atoms with Crippen molar-refractivity contribution in [1.29, 1.82) is 0 Å². The van der Waals surface area contributed by atoms with E-state index in [0.717, 1.165) is 12.0 Å². The van der Waals surface area contributed by atoms with Crippen LogP contribution in [0, 0.1) is 6.92 Å². The predicted molar refractivity (Wildman–Crippen MR) is 95.1 cm³/mol. The van der Waals surface area contributed by atoms with Gasteiger partial charge in [0.25, 0.3) is 5.56 Å². The molecule has 3 aromatic heterocycles. The molecular formula is C16H19N5O3S. The minimum Gasteiger partial charge on any atom is -0.385 e. The van der Waals surface area contributed by atoms with Gasteiger partial charge in [-0.25, -0.2) is 14.9 Å². The van der Waals surface area contributed by atoms with E-state index >= 15 is 0 Å². The number of H-pyrrole nitrogens is 1. The molecule has 0 atom stereocenters. The van der Waals surface area contributed by atoms with Crippen molar-refractivity contribution in [1.82, 2.24) is 24.1 Å². The Morgan fingerprint density at radius 2 is 2.20 bits per heavy atom. The molecular weight excluding hydrogens is 342 g/mol. The number of fused-ring (bicyclic) bond motifs is 1. The molecule has 3 heterocycles. The molecule has 0 radical (unpaired) electrons. The normalized spacial score (nSPS) is 11.3. The zero-order chi connectivity index (χ0) is 17.8. The SMILES string of the molecule is COCCCn1c(SCc2cc(=O)n3cccc(C)c3n2)n[nH]c1=O. The Morgan fingerprint density at radius 3 is 3.00 bits per heavy atom. The quantitative estimate of drug-likeness (QED) is 0.502. The average Bonchev–Trinajstić information content (AvgIpc) is 2.94. The maximum absolute atomic E-state index is 12.2. The number of aryl methyl sites for hydroxylation is 1. The van der Waals surface area contributed by atoms with E-state index in [1.165, 1.54) is 22.2 Å². The van der Waals surface area contributed by atoms with Crippen molar-refractivity contribution in [2.45, 2.75) is 30.8 Å². The molecule has 1 N–H and O–H groups in total. The molecule has 0 aliphatic carbocycles. The number of ether oxygens (including phenoxy) is 1. The molecule has 0 saturated carbocycles. The van der Waals surface area contributed by atoms with Gasteiger partial charge in [-0.05, 0) is 25.0 Å². The van der Waals surface area contributed by atoms with Crippen LogP contribution >= 0.6 is 11.8 Å². The fourth-order valence-corrected chi connectivity index (χ4v) is 3.36. The van der Waals surface area contributed by atoms with Crippen molar-refractivity contribution in [3.63, 3.8) is 0 Å². The Kier molecular flexibility index (Phi) is 5.34. The van der Waals surface area contributed by atoms with E-state index in [-0.39, 0.29) is 11.2 Å². The van der Waals surface area contributed by atoms with Gasteiger partial charge < -0.3 is 4.74 Å². The van der Waals surface area contributed by atoms with E-state index in [1.54, 1.807) is 17.9 Å². The number of pyridine rings is 1. The Balaban J connectivity index is 1.81. The second-order valence-electron chi connectivity index (χ2n) is 5.57. The molecule has 0 spiro atoms. The Bertz CT molecular complexity index is 991. The van der Waals surface area contributed by atoms with Gasteiger partial charge in [0, 0.05) is 38.3 Å². The van der Waals surface area contributed by atoms with Crippen molar-refractivity contribution in [2.24, 2.45) is 0 Å². The van der Waals surface area contributed by atoms with Crippen molar-refractivity contribution in [3.05, 3.63) is 56.5 Å². The van der Waals surface area contributed by atoms with Gasteiger partial charge >= 0.3 is 5.69 Å². The molecule has 0 aliphatic heterocycles.